The molecule has 0 saturated carbocycles. The van der Waals surface area contributed by atoms with Crippen LogP contribution in [-0.4, -0.2) is 67.9 Å². The second-order valence-corrected chi connectivity index (χ2v) is 8.19. The molecule has 142 valence electrons. The maximum Gasteiger partial charge on any atom is 0.326 e. The third-order valence-corrected chi connectivity index (χ3v) is 6.01. The van der Waals surface area contributed by atoms with Crippen molar-refractivity contribution in [1.82, 2.24) is 14.5 Å². The number of piperazine rings is 1. The maximum absolute atomic E-state index is 12.0. The minimum absolute atomic E-state index is 0.0671. The van der Waals surface area contributed by atoms with E-state index < -0.39 is 16.1 Å². The van der Waals surface area contributed by atoms with Gasteiger partial charge in [-0.3, -0.25) is 14.5 Å². The molecule has 1 aromatic carbocycles. The number of anilines is 1. The molecule has 0 bridgehead atoms. The Bertz CT molecular complexity index is 823. The summed E-state index contributed by atoms with van der Waals surface area (Å²) in [7, 11) is -3.96. The number of carbonyl (C=O) groups is 2. The Morgan fingerprint density at radius 1 is 1.23 bits per heavy atom. The molecule has 3 rings (SSSR count). The molecule has 2 N–H and O–H groups in total. The summed E-state index contributed by atoms with van der Waals surface area (Å²) in [6.07, 6.45) is 0. The van der Waals surface area contributed by atoms with Crippen molar-refractivity contribution in [2.75, 3.05) is 37.0 Å². The van der Waals surface area contributed by atoms with Crippen LogP contribution in [0.4, 0.5) is 5.69 Å². The summed E-state index contributed by atoms with van der Waals surface area (Å²) in [5.74, 6) is -0.740. The molecule has 2 aliphatic heterocycles. The van der Waals surface area contributed by atoms with Gasteiger partial charge < -0.3 is 10.0 Å². The van der Waals surface area contributed by atoms with Crippen molar-refractivity contribution in [3.05, 3.63) is 23.3 Å². The molecule has 0 atom stereocenters. The van der Waals surface area contributed by atoms with Crippen LogP contribution in [0, 0.1) is 6.92 Å². The van der Waals surface area contributed by atoms with Gasteiger partial charge in [0.1, 0.15) is 12.3 Å². The van der Waals surface area contributed by atoms with E-state index >= 15 is 0 Å². The van der Waals surface area contributed by atoms with Crippen LogP contribution in [0.15, 0.2) is 12.1 Å². The summed E-state index contributed by atoms with van der Waals surface area (Å²) in [4.78, 5) is 26.8. The molecule has 0 spiro atoms. The van der Waals surface area contributed by atoms with E-state index in [0.29, 0.717) is 25.2 Å². The highest BCUT2D eigenvalue weighted by Crippen LogP contribution is 2.35. The van der Waals surface area contributed by atoms with Crippen molar-refractivity contribution in [2.24, 2.45) is 0 Å². The van der Waals surface area contributed by atoms with Gasteiger partial charge in [-0.05, 0) is 24.1 Å². The van der Waals surface area contributed by atoms with Gasteiger partial charge in [0.15, 0.2) is 0 Å². The summed E-state index contributed by atoms with van der Waals surface area (Å²) in [6, 6.07) is 3.34. The molecule has 9 nitrogen and oxygen atoms in total. The number of amides is 2. The minimum Gasteiger partial charge on any atom is -0.506 e. The highest BCUT2D eigenvalue weighted by atomic mass is 32.2. The lowest BCUT2D eigenvalue weighted by Gasteiger charge is -2.34. The Morgan fingerprint density at radius 3 is 2.38 bits per heavy atom. The van der Waals surface area contributed by atoms with Crippen molar-refractivity contribution < 1.29 is 23.1 Å². The van der Waals surface area contributed by atoms with Crippen LogP contribution in [0.2, 0.25) is 0 Å². The Labute approximate surface area is 152 Å². The number of nitrogens with one attached hydrogen (secondary N) is 1. The van der Waals surface area contributed by atoms with Crippen molar-refractivity contribution in [2.45, 2.75) is 20.4 Å². The number of hydrogen-bond donors (Lipinski definition) is 2. The Hall–Kier alpha value is -2.33. The zero-order chi connectivity index (χ0) is 19.1. The van der Waals surface area contributed by atoms with Gasteiger partial charge in [-0.15, -0.1) is 0 Å². The van der Waals surface area contributed by atoms with Crippen molar-refractivity contribution in [3.8, 4) is 5.75 Å². The quantitative estimate of drug-likeness (QED) is 0.732. The van der Waals surface area contributed by atoms with Gasteiger partial charge in [0, 0.05) is 39.6 Å². The largest absolute Gasteiger partial charge is 0.506 e. The molecule has 0 radical (unpaired) electrons. The van der Waals surface area contributed by atoms with Crippen LogP contribution in [-0.2, 0) is 26.3 Å². The number of carbonyl (C=O) groups excluding carboxylic acids is 2. The number of aromatic hydroxyl groups is 1. The summed E-state index contributed by atoms with van der Waals surface area (Å²) in [5.41, 5.74) is 1.53. The summed E-state index contributed by atoms with van der Waals surface area (Å²) < 4.78 is 26.8. The minimum atomic E-state index is -3.96. The number of phenolic OH excluding ortho intramolecular Hbond substituents is 1. The van der Waals surface area contributed by atoms with Gasteiger partial charge in [-0.2, -0.15) is 8.42 Å². The average Bonchev–Trinajstić information content (AvgIpc) is 2.79. The molecule has 0 aromatic heterocycles. The molecule has 0 aliphatic carbocycles. The van der Waals surface area contributed by atoms with Gasteiger partial charge >= 0.3 is 10.2 Å². The Morgan fingerprint density at radius 2 is 1.88 bits per heavy atom. The number of aryl methyl sites for hydroxylation is 1. The number of hydrogen-bond acceptors (Lipinski definition) is 6. The first-order chi connectivity index (χ1) is 12.2. The lowest BCUT2D eigenvalue weighted by molar-refractivity contribution is -0.130. The van der Waals surface area contributed by atoms with Gasteiger partial charge in [0.25, 0.3) is 5.91 Å². The lowest BCUT2D eigenvalue weighted by Crippen LogP contribution is -2.47. The van der Waals surface area contributed by atoms with Gasteiger partial charge in [-0.1, -0.05) is 6.07 Å². The Balaban J connectivity index is 1.76. The molecular formula is C16H22N4O5S. The number of nitrogens with zero attached hydrogens (tertiary/aromatic N) is 3. The average molecular weight is 382 g/mol. The smallest absolute Gasteiger partial charge is 0.326 e. The highest BCUT2D eigenvalue weighted by molar-refractivity contribution is 7.92. The first-order valence-electron chi connectivity index (χ1n) is 8.31. The first kappa shape index (κ1) is 18.5. The van der Waals surface area contributed by atoms with Crippen LogP contribution < -0.4 is 9.03 Å². The molecule has 10 heteroatoms. The van der Waals surface area contributed by atoms with E-state index in [1.54, 1.807) is 18.7 Å². The molecule has 2 heterocycles. The topological polar surface area (TPSA) is 110 Å². The van der Waals surface area contributed by atoms with Crippen molar-refractivity contribution in [3.63, 3.8) is 0 Å². The Kier molecular flexibility index (Phi) is 4.80. The van der Waals surface area contributed by atoms with Gasteiger partial charge in [0.2, 0.25) is 5.91 Å². The molecule has 2 saturated heterocycles. The second kappa shape index (κ2) is 6.76. The third kappa shape index (κ3) is 3.61. The van der Waals surface area contributed by atoms with E-state index in [4.69, 9.17) is 0 Å². The summed E-state index contributed by atoms with van der Waals surface area (Å²) in [5, 5.41) is 10.4. The number of rotatable bonds is 3. The molecule has 26 heavy (non-hydrogen) atoms. The second-order valence-electron chi connectivity index (χ2n) is 6.60. The van der Waals surface area contributed by atoms with E-state index in [9.17, 15) is 23.1 Å². The lowest BCUT2D eigenvalue weighted by atomic mass is 10.1. The normalized spacial score (nSPS) is 20.3. The SMILES string of the molecule is CC(=O)N1CCN(Cc2cc(C)c(N3CC(=O)NS3(=O)=O)c(O)c2)CC1. The van der Waals surface area contributed by atoms with Crippen LogP contribution in [0.5, 0.6) is 5.75 Å². The fourth-order valence-corrected chi connectivity index (χ4v) is 4.60. The molecule has 0 unspecified atom stereocenters. The molecule has 2 aliphatic rings. The van der Waals surface area contributed by atoms with Crippen LogP contribution in [0.1, 0.15) is 18.1 Å². The van der Waals surface area contributed by atoms with E-state index in [1.807, 2.05) is 10.8 Å². The highest BCUT2D eigenvalue weighted by Gasteiger charge is 2.36. The summed E-state index contributed by atoms with van der Waals surface area (Å²) in [6.45, 7) is 6.30. The molecule has 2 fully saturated rings. The van der Waals surface area contributed by atoms with E-state index in [0.717, 1.165) is 23.0 Å². The number of phenols is 1. The maximum atomic E-state index is 12.0. The molecule has 1 aromatic rings. The van der Waals surface area contributed by atoms with Crippen molar-refractivity contribution >= 4 is 27.7 Å². The molecular weight excluding hydrogens is 360 g/mol. The third-order valence-electron chi connectivity index (χ3n) is 4.63. The van der Waals surface area contributed by atoms with Crippen LogP contribution >= 0.6 is 0 Å². The van der Waals surface area contributed by atoms with Gasteiger partial charge in [0.05, 0.1) is 5.69 Å². The van der Waals surface area contributed by atoms with Gasteiger partial charge in [-0.25, -0.2) is 9.03 Å². The van der Waals surface area contributed by atoms with Crippen LogP contribution in [0.25, 0.3) is 0 Å². The fourth-order valence-electron chi connectivity index (χ4n) is 3.37. The van der Waals surface area contributed by atoms with E-state index in [1.165, 1.54) is 6.07 Å². The monoisotopic (exact) mass is 382 g/mol. The van der Waals surface area contributed by atoms with Crippen molar-refractivity contribution in [1.29, 1.82) is 0 Å². The summed E-state index contributed by atoms with van der Waals surface area (Å²) >= 11 is 0. The van der Waals surface area contributed by atoms with Crippen LogP contribution in [0.3, 0.4) is 0 Å². The molecule has 2 amide bonds. The predicted octanol–water partition coefficient (Wildman–Crippen LogP) is -0.454. The zero-order valence-electron chi connectivity index (χ0n) is 14.7. The van der Waals surface area contributed by atoms with E-state index in [2.05, 4.69) is 4.90 Å². The first-order valence-corrected chi connectivity index (χ1v) is 9.75. The zero-order valence-corrected chi connectivity index (χ0v) is 15.5. The fraction of sp³-hybridized carbons (Fsp3) is 0.500. The standard InChI is InChI=1S/C16H22N4O5S/c1-11-7-13(9-18-3-5-19(6-4-18)12(2)21)8-14(22)16(11)20-10-15(23)17-26(20,24)25/h7-8,22H,3-6,9-10H2,1-2H3,(H,17,23). The predicted molar refractivity (Wildman–Crippen MR) is 94.8 cm³/mol. The number of benzene rings is 1. The van der Waals surface area contributed by atoms with E-state index in [-0.39, 0.29) is 23.9 Å².